The predicted molar refractivity (Wildman–Crippen MR) is 95.5 cm³/mol. The van der Waals surface area contributed by atoms with Gasteiger partial charge in [0.25, 0.3) is 0 Å². The van der Waals surface area contributed by atoms with E-state index in [4.69, 9.17) is 16.2 Å². The van der Waals surface area contributed by atoms with Crippen molar-refractivity contribution in [2.24, 2.45) is 22.4 Å². The van der Waals surface area contributed by atoms with Gasteiger partial charge in [-0.05, 0) is 25.7 Å². The molecule has 1 unspecified atom stereocenters. The van der Waals surface area contributed by atoms with E-state index < -0.39 is 24.0 Å². The molecule has 0 radical (unpaired) electrons. The first-order valence-electron chi connectivity index (χ1n) is 8.52. The van der Waals surface area contributed by atoms with Gasteiger partial charge in [0.2, 0.25) is 11.8 Å². The van der Waals surface area contributed by atoms with Crippen LogP contribution < -0.4 is 22.1 Å². The number of rotatable bonds is 11. The van der Waals surface area contributed by atoms with Gasteiger partial charge < -0.3 is 26.8 Å². The lowest BCUT2D eigenvalue weighted by Gasteiger charge is -2.25. The molecule has 9 nitrogen and oxygen atoms in total. The van der Waals surface area contributed by atoms with Gasteiger partial charge in [0.05, 0.1) is 6.61 Å². The number of carbonyl (C=O) groups excluding carboxylic acids is 3. The molecule has 0 fully saturated rings. The van der Waals surface area contributed by atoms with E-state index in [0.29, 0.717) is 25.8 Å². The van der Waals surface area contributed by atoms with Crippen LogP contribution in [0.5, 0.6) is 0 Å². The Labute approximate surface area is 148 Å². The van der Waals surface area contributed by atoms with Gasteiger partial charge >= 0.3 is 5.97 Å². The van der Waals surface area contributed by atoms with Crippen LogP contribution in [0.3, 0.4) is 0 Å². The number of nitrogens with one attached hydrogen (secondary N) is 2. The molecular formula is C16H31N5O4. The molecule has 0 aromatic rings. The molecule has 0 heterocycles. The third-order valence-corrected chi connectivity index (χ3v) is 3.69. The van der Waals surface area contributed by atoms with Gasteiger partial charge in [-0.15, -0.1) is 0 Å². The van der Waals surface area contributed by atoms with E-state index in [1.165, 1.54) is 6.92 Å². The molecule has 6 N–H and O–H groups in total. The van der Waals surface area contributed by atoms with Gasteiger partial charge in [-0.2, -0.15) is 0 Å². The molecule has 0 saturated carbocycles. The number of ether oxygens (including phenoxy) is 1. The van der Waals surface area contributed by atoms with Crippen LogP contribution in [0.15, 0.2) is 4.99 Å². The summed E-state index contributed by atoms with van der Waals surface area (Å²) in [6.07, 6.45) is 1.54. The quantitative estimate of drug-likeness (QED) is 0.172. The topological polar surface area (TPSA) is 149 Å². The minimum atomic E-state index is -0.771. The van der Waals surface area contributed by atoms with Crippen molar-refractivity contribution in [3.05, 3.63) is 0 Å². The van der Waals surface area contributed by atoms with Crippen LogP contribution in [0, 0.1) is 5.92 Å². The highest BCUT2D eigenvalue weighted by molar-refractivity contribution is 5.90. The first kappa shape index (κ1) is 22.7. The maximum Gasteiger partial charge on any atom is 0.328 e. The first-order chi connectivity index (χ1) is 11.7. The molecule has 0 saturated heterocycles. The molecule has 0 aromatic heterocycles. The van der Waals surface area contributed by atoms with Gasteiger partial charge in [0, 0.05) is 13.5 Å². The smallest absolute Gasteiger partial charge is 0.328 e. The Morgan fingerprint density at radius 1 is 1.16 bits per heavy atom. The zero-order chi connectivity index (χ0) is 19.4. The minimum Gasteiger partial charge on any atom is -0.464 e. The summed E-state index contributed by atoms with van der Waals surface area (Å²) in [4.78, 5) is 39.8. The Hall–Kier alpha value is -2.32. The largest absolute Gasteiger partial charge is 0.464 e. The van der Waals surface area contributed by atoms with E-state index in [9.17, 15) is 14.4 Å². The molecule has 144 valence electrons. The second-order valence-electron chi connectivity index (χ2n) is 5.83. The molecule has 0 aromatic carbocycles. The van der Waals surface area contributed by atoms with Gasteiger partial charge in [-0.3, -0.25) is 14.6 Å². The van der Waals surface area contributed by atoms with Crippen LogP contribution in [0.1, 0.15) is 47.0 Å². The highest BCUT2D eigenvalue weighted by Crippen LogP contribution is 2.11. The minimum absolute atomic E-state index is 0.0281. The fourth-order valence-corrected chi connectivity index (χ4v) is 2.17. The molecule has 0 aliphatic rings. The number of carbonyl (C=O) groups is 3. The summed E-state index contributed by atoms with van der Waals surface area (Å²) < 4.78 is 5.03. The summed E-state index contributed by atoms with van der Waals surface area (Å²) >= 11 is 0. The predicted octanol–water partition coefficient (Wildman–Crippen LogP) is -0.361. The molecule has 0 bridgehead atoms. The van der Waals surface area contributed by atoms with Crippen LogP contribution in [-0.4, -0.2) is 49.0 Å². The highest BCUT2D eigenvalue weighted by Gasteiger charge is 2.30. The second-order valence-corrected chi connectivity index (χ2v) is 5.83. The monoisotopic (exact) mass is 357 g/mol. The van der Waals surface area contributed by atoms with E-state index in [-0.39, 0.29) is 24.4 Å². The zero-order valence-electron chi connectivity index (χ0n) is 15.5. The van der Waals surface area contributed by atoms with Crippen LogP contribution in [-0.2, 0) is 19.1 Å². The highest BCUT2D eigenvalue weighted by atomic mass is 16.5. The van der Waals surface area contributed by atoms with Gasteiger partial charge in [0.1, 0.15) is 12.1 Å². The Bertz CT molecular complexity index is 477. The van der Waals surface area contributed by atoms with Crippen molar-refractivity contribution in [2.75, 3.05) is 13.2 Å². The van der Waals surface area contributed by atoms with Crippen molar-refractivity contribution in [1.82, 2.24) is 10.6 Å². The number of nitrogens with two attached hydrogens (primary N) is 2. The van der Waals surface area contributed by atoms with Crippen LogP contribution in [0.25, 0.3) is 0 Å². The number of esters is 1. The number of nitrogens with zero attached hydrogens (tertiary/aromatic N) is 1. The summed E-state index contributed by atoms with van der Waals surface area (Å²) in [6, 6.07) is -1.53. The fourth-order valence-electron chi connectivity index (χ4n) is 2.17. The lowest BCUT2D eigenvalue weighted by Crippen LogP contribution is -2.53. The van der Waals surface area contributed by atoms with E-state index >= 15 is 0 Å². The molecule has 0 aliphatic heterocycles. The van der Waals surface area contributed by atoms with Gasteiger partial charge in [-0.25, -0.2) is 4.79 Å². The summed E-state index contributed by atoms with van der Waals surface area (Å²) in [7, 11) is 0. The maximum absolute atomic E-state index is 12.5. The molecule has 3 atom stereocenters. The SMILES string of the molecule is CCOC(=O)[C@@H](NC(=O)[C@H](CCCN=C(N)N)NC(C)=O)C(C)CC. The third kappa shape index (κ3) is 9.53. The van der Waals surface area contributed by atoms with Gasteiger partial charge in [-0.1, -0.05) is 20.3 Å². The van der Waals surface area contributed by atoms with Crippen molar-refractivity contribution in [3.8, 4) is 0 Å². The summed E-state index contributed by atoms with van der Waals surface area (Å²) in [6.45, 7) is 7.39. The lowest BCUT2D eigenvalue weighted by molar-refractivity contribution is -0.149. The fraction of sp³-hybridized carbons (Fsp3) is 0.750. The third-order valence-electron chi connectivity index (χ3n) is 3.69. The molecule has 2 amide bonds. The average molecular weight is 357 g/mol. The molecule has 25 heavy (non-hydrogen) atoms. The molecule has 9 heteroatoms. The number of guanidine groups is 1. The Morgan fingerprint density at radius 3 is 2.28 bits per heavy atom. The Balaban J connectivity index is 4.96. The second kappa shape index (κ2) is 12.1. The normalized spacial score (nSPS) is 13.9. The zero-order valence-corrected chi connectivity index (χ0v) is 15.5. The van der Waals surface area contributed by atoms with Crippen LogP contribution >= 0.6 is 0 Å². The lowest BCUT2D eigenvalue weighted by atomic mass is 9.98. The molecule has 0 aliphatic carbocycles. The molecule has 0 spiro atoms. The first-order valence-corrected chi connectivity index (χ1v) is 8.52. The number of hydrogen-bond acceptors (Lipinski definition) is 5. The van der Waals surface area contributed by atoms with Crippen molar-refractivity contribution in [2.45, 2.75) is 59.0 Å². The van der Waals surface area contributed by atoms with E-state index in [0.717, 1.165) is 0 Å². The number of aliphatic imine (C=N–C) groups is 1. The van der Waals surface area contributed by atoms with Crippen molar-refractivity contribution in [3.63, 3.8) is 0 Å². The van der Waals surface area contributed by atoms with Crippen LogP contribution in [0.4, 0.5) is 0 Å². The van der Waals surface area contributed by atoms with Crippen LogP contribution in [0.2, 0.25) is 0 Å². The Kier molecular flexibility index (Phi) is 11.0. The average Bonchev–Trinajstić information content (AvgIpc) is 2.54. The number of amides is 2. The van der Waals surface area contributed by atoms with E-state index in [1.807, 2.05) is 13.8 Å². The summed E-state index contributed by atoms with van der Waals surface area (Å²) in [5.74, 6) is -1.37. The Morgan fingerprint density at radius 2 is 1.80 bits per heavy atom. The van der Waals surface area contributed by atoms with E-state index in [1.54, 1.807) is 6.92 Å². The molecular weight excluding hydrogens is 326 g/mol. The van der Waals surface area contributed by atoms with Gasteiger partial charge in [0.15, 0.2) is 5.96 Å². The van der Waals surface area contributed by atoms with E-state index in [2.05, 4.69) is 15.6 Å². The van der Waals surface area contributed by atoms with Crippen molar-refractivity contribution < 1.29 is 19.1 Å². The summed E-state index contributed by atoms with van der Waals surface area (Å²) in [5, 5.41) is 5.28. The summed E-state index contributed by atoms with van der Waals surface area (Å²) in [5.41, 5.74) is 10.5. The van der Waals surface area contributed by atoms with Crippen molar-refractivity contribution in [1.29, 1.82) is 0 Å². The maximum atomic E-state index is 12.5. The number of hydrogen-bond donors (Lipinski definition) is 4. The standard InChI is InChI=1S/C16H31N5O4/c1-5-10(3)13(15(24)25-6-2)21-14(23)12(20-11(4)22)8-7-9-19-16(17)18/h10,12-13H,5-9H2,1-4H3,(H,20,22)(H,21,23)(H4,17,18,19)/t10?,12-,13-/m0/s1. The molecule has 0 rings (SSSR count). The van der Waals surface area contributed by atoms with Crippen molar-refractivity contribution >= 4 is 23.7 Å².